The predicted molar refractivity (Wildman–Crippen MR) is 136 cm³/mol. The number of H-pyrrole nitrogens is 1. The van der Waals surface area contributed by atoms with Gasteiger partial charge in [0.2, 0.25) is 0 Å². The van der Waals surface area contributed by atoms with Gasteiger partial charge in [-0.15, -0.1) is 0 Å². The van der Waals surface area contributed by atoms with Crippen LogP contribution in [0.15, 0.2) is 36.4 Å². The van der Waals surface area contributed by atoms with Crippen molar-refractivity contribution in [3.63, 3.8) is 0 Å². The molecule has 0 bridgehead atoms. The van der Waals surface area contributed by atoms with E-state index in [1.807, 2.05) is 57.2 Å². The van der Waals surface area contributed by atoms with Crippen LogP contribution in [0, 0.1) is 0 Å². The number of nitrogen functional groups attached to an aromatic ring is 1. The number of aromatic amines is 1. The molecular weight excluding hydrogens is 442 g/mol. The van der Waals surface area contributed by atoms with Gasteiger partial charge in [-0.2, -0.15) is 0 Å². The number of benzene rings is 2. The number of anilines is 1. The van der Waals surface area contributed by atoms with E-state index in [1.165, 1.54) is 0 Å². The van der Waals surface area contributed by atoms with E-state index in [0.29, 0.717) is 48.5 Å². The van der Waals surface area contributed by atoms with E-state index in [9.17, 15) is 9.59 Å². The molecule has 1 saturated heterocycles. The highest BCUT2D eigenvalue weighted by molar-refractivity contribution is 6.20. The normalized spacial score (nSPS) is 17.7. The van der Waals surface area contributed by atoms with E-state index in [0.717, 1.165) is 22.2 Å². The number of carbonyl (C=O) groups excluding carboxylic acids is 2. The van der Waals surface area contributed by atoms with E-state index < -0.39 is 5.60 Å². The molecular formula is C28H33N3O4. The van der Waals surface area contributed by atoms with Crippen LogP contribution in [0.5, 0.6) is 5.75 Å². The summed E-state index contributed by atoms with van der Waals surface area (Å²) in [7, 11) is 0. The summed E-state index contributed by atoms with van der Waals surface area (Å²) in [6.07, 6.45) is 1.12. The minimum absolute atomic E-state index is 0.00413. The Kier molecular flexibility index (Phi) is 5.34. The van der Waals surface area contributed by atoms with E-state index >= 15 is 0 Å². The zero-order chi connectivity index (χ0) is 25.1. The first kappa shape index (κ1) is 23.3. The molecule has 2 aromatic carbocycles. The monoisotopic (exact) mass is 475 g/mol. The van der Waals surface area contributed by atoms with Gasteiger partial charge in [-0.3, -0.25) is 4.79 Å². The van der Waals surface area contributed by atoms with Crippen LogP contribution >= 0.6 is 0 Å². The maximum absolute atomic E-state index is 13.7. The average Bonchev–Trinajstić information content (AvgIpc) is 3.17. The van der Waals surface area contributed by atoms with Gasteiger partial charge in [0.25, 0.3) is 0 Å². The summed E-state index contributed by atoms with van der Waals surface area (Å²) in [5.41, 5.74) is 9.90. The SMILES string of the molecule is CC(C)(C)OC(=O)N1CCC(Oc2ccc3c(c2)C(=O)c2c([nH]c4cc(N)ccc24)C3(C)C)CC1. The highest BCUT2D eigenvalue weighted by Crippen LogP contribution is 2.44. The number of nitrogens with one attached hydrogen (secondary N) is 1. The number of fused-ring (bicyclic) bond motifs is 4. The summed E-state index contributed by atoms with van der Waals surface area (Å²) in [5.74, 6) is 0.673. The van der Waals surface area contributed by atoms with E-state index in [2.05, 4.69) is 18.8 Å². The van der Waals surface area contributed by atoms with E-state index in [1.54, 1.807) is 4.90 Å². The average molecular weight is 476 g/mol. The zero-order valence-electron chi connectivity index (χ0n) is 21.0. The Labute approximate surface area is 205 Å². The number of ether oxygens (including phenoxy) is 2. The summed E-state index contributed by atoms with van der Waals surface area (Å²) >= 11 is 0. The van der Waals surface area contributed by atoms with Crippen molar-refractivity contribution < 1.29 is 19.1 Å². The van der Waals surface area contributed by atoms with Gasteiger partial charge < -0.3 is 25.1 Å². The molecule has 0 radical (unpaired) electrons. The Balaban J connectivity index is 1.36. The van der Waals surface area contributed by atoms with Crippen LogP contribution < -0.4 is 10.5 Å². The summed E-state index contributed by atoms with van der Waals surface area (Å²) in [6, 6.07) is 11.4. The molecule has 1 amide bonds. The smallest absolute Gasteiger partial charge is 0.410 e. The maximum Gasteiger partial charge on any atom is 0.410 e. The molecule has 1 aliphatic heterocycles. The fraction of sp³-hybridized carbons (Fsp3) is 0.429. The van der Waals surface area contributed by atoms with Crippen molar-refractivity contribution >= 4 is 28.5 Å². The molecule has 3 N–H and O–H groups in total. The van der Waals surface area contributed by atoms with E-state index in [4.69, 9.17) is 15.2 Å². The minimum atomic E-state index is -0.509. The number of nitrogens with two attached hydrogens (primary N) is 1. The van der Waals surface area contributed by atoms with Crippen molar-refractivity contribution in [1.82, 2.24) is 9.88 Å². The fourth-order valence-electron chi connectivity index (χ4n) is 5.19. The number of piperidine rings is 1. The molecule has 0 atom stereocenters. The molecule has 1 aliphatic carbocycles. The van der Waals surface area contributed by atoms with Crippen molar-refractivity contribution in [2.45, 2.75) is 64.6 Å². The molecule has 7 heteroatoms. The topological polar surface area (TPSA) is 97.6 Å². The first-order chi connectivity index (χ1) is 16.4. The number of aromatic nitrogens is 1. The van der Waals surface area contributed by atoms with Crippen LogP contribution in [0.25, 0.3) is 10.9 Å². The van der Waals surface area contributed by atoms with Crippen molar-refractivity contribution in [1.29, 1.82) is 0 Å². The molecule has 1 aromatic heterocycles. The predicted octanol–water partition coefficient (Wildman–Crippen LogP) is 5.40. The second kappa shape index (κ2) is 8.04. The lowest BCUT2D eigenvalue weighted by atomic mass is 9.71. The highest BCUT2D eigenvalue weighted by Gasteiger charge is 2.40. The van der Waals surface area contributed by atoms with Gasteiger partial charge in [0.15, 0.2) is 5.78 Å². The summed E-state index contributed by atoms with van der Waals surface area (Å²) < 4.78 is 11.8. The first-order valence-corrected chi connectivity index (χ1v) is 12.2. The number of likely N-dealkylation sites (tertiary alicyclic amines) is 1. The Bertz CT molecular complexity index is 1320. The number of hydrogen-bond donors (Lipinski definition) is 2. The molecule has 2 heterocycles. The Morgan fingerprint density at radius 3 is 2.51 bits per heavy atom. The molecule has 0 unspecified atom stereocenters. The molecule has 7 nitrogen and oxygen atoms in total. The molecule has 184 valence electrons. The lowest BCUT2D eigenvalue weighted by molar-refractivity contribution is 0.0126. The number of carbonyl (C=O) groups is 2. The van der Waals surface area contributed by atoms with Gasteiger partial charge in [-0.05, 0) is 50.6 Å². The maximum atomic E-state index is 13.7. The number of hydrogen-bond acceptors (Lipinski definition) is 5. The van der Waals surface area contributed by atoms with Gasteiger partial charge in [0.05, 0.1) is 5.56 Å². The number of ketones is 1. The molecule has 0 saturated carbocycles. The fourth-order valence-corrected chi connectivity index (χ4v) is 5.19. The molecule has 0 spiro atoms. The van der Waals surface area contributed by atoms with Gasteiger partial charge in [0.1, 0.15) is 17.5 Å². The Hall–Kier alpha value is -3.48. The van der Waals surface area contributed by atoms with Crippen LogP contribution in [-0.2, 0) is 10.2 Å². The quantitative estimate of drug-likeness (QED) is 0.484. The van der Waals surface area contributed by atoms with Gasteiger partial charge in [-0.1, -0.05) is 26.0 Å². The van der Waals surface area contributed by atoms with Crippen molar-refractivity contribution in [2.24, 2.45) is 0 Å². The molecule has 3 aromatic rings. The lowest BCUT2D eigenvalue weighted by Gasteiger charge is -2.34. The number of nitrogens with zero attached hydrogens (tertiary/aromatic N) is 1. The third kappa shape index (κ3) is 4.13. The first-order valence-electron chi connectivity index (χ1n) is 12.2. The number of rotatable bonds is 2. The Morgan fingerprint density at radius 1 is 1.11 bits per heavy atom. The molecule has 35 heavy (non-hydrogen) atoms. The second-order valence-electron chi connectivity index (χ2n) is 11.1. The van der Waals surface area contributed by atoms with Gasteiger partial charge >= 0.3 is 6.09 Å². The highest BCUT2D eigenvalue weighted by atomic mass is 16.6. The lowest BCUT2D eigenvalue weighted by Crippen LogP contribution is -2.44. The van der Waals surface area contributed by atoms with Gasteiger partial charge in [0, 0.05) is 59.2 Å². The molecule has 1 fully saturated rings. The van der Waals surface area contributed by atoms with Crippen molar-refractivity contribution in [3.8, 4) is 5.75 Å². The van der Waals surface area contributed by atoms with Crippen LogP contribution in [0.2, 0.25) is 0 Å². The van der Waals surface area contributed by atoms with Crippen LogP contribution in [0.4, 0.5) is 10.5 Å². The zero-order valence-corrected chi connectivity index (χ0v) is 21.0. The van der Waals surface area contributed by atoms with Crippen LogP contribution in [-0.4, -0.2) is 46.6 Å². The third-order valence-corrected chi connectivity index (χ3v) is 6.98. The van der Waals surface area contributed by atoms with Gasteiger partial charge in [-0.25, -0.2) is 4.79 Å². The minimum Gasteiger partial charge on any atom is -0.490 e. The van der Waals surface area contributed by atoms with Crippen molar-refractivity contribution in [3.05, 3.63) is 58.8 Å². The third-order valence-electron chi connectivity index (χ3n) is 6.98. The standard InChI is InChI=1S/C28H33N3O4/c1-27(2,3)35-26(33)31-12-10-17(11-13-31)34-18-7-9-21-20(15-18)24(32)23-19-8-6-16(29)14-22(19)30-25(23)28(21,4)5/h6-9,14-15,17,30H,10-13,29H2,1-5H3. The molecule has 2 aliphatic rings. The van der Waals surface area contributed by atoms with Crippen LogP contribution in [0.1, 0.15) is 74.6 Å². The molecule has 5 rings (SSSR count). The van der Waals surface area contributed by atoms with E-state index in [-0.39, 0.29) is 23.4 Å². The second-order valence-corrected chi connectivity index (χ2v) is 11.1. The van der Waals surface area contributed by atoms with Crippen molar-refractivity contribution in [2.75, 3.05) is 18.8 Å². The largest absolute Gasteiger partial charge is 0.490 e. The number of amides is 1. The van der Waals surface area contributed by atoms with Crippen LogP contribution in [0.3, 0.4) is 0 Å². The summed E-state index contributed by atoms with van der Waals surface area (Å²) in [4.78, 5) is 31.2. The Morgan fingerprint density at radius 2 is 1.83 bits per heavy atom. The summed E-state index contributed by atoms with van der Waals surface area (Å²) in [6.45, 7) is 11.0. The summed E-state index contributed by atoms with van der Waals surface area (Å²) in [5, 5.41) is 0.888.